The SMILES string of the molecule is CC1(C)c2ccccc2N(c2ccc3c(c2)C2(c4ccccc4-3)c3ccccc3-c3c(-c4nc(-c5ccccc5)nc(-c5ccccc5)n4)cccc32)c2ccccc21. The number of fused-ring (bicyclic) bond motifs is 12. The molecule has 0 N–H and O–H groups in total. The summed E-state index contributed by atoms with van der Waals surface area (Å²) in [6.07, 6.45) is 0. The Kier molecular flexibility index (Phi) is 7.16. The highest BCUT2D eigenvalue weighted by Crippen LogP contribution is 2.65. The van der Waals surface area contributed by atoms with Crippen molar-refractivity contribution in [3.05, 3.63) is 228 Å². The molecule has 4 nitrogen and oxygen atoms in total. The lowest BCUT2D eigenvalue weighted by Crippen LogP contribution is -2.31. The van der Waals surface area contributed by atoms with Crippen LogP contribution in [0.4, 0.5) is 17.1 Å². The highest BCUT2D eigenvalue weighted by atomic mass is 15.2. The summed E-state index contributed by atoms with van der Waals surface area (Å²) in [5.74, 6) is 1.96. The van der Waals surface area contributed by atoms with Crippen LogP contribution in [0.1, 0.15) is 47.2 Å². The quantitative estimate of drug-likeness (QED) is 0.179. The highest BCUT2D eigenvalue weighted by Gasteiger charge is 2.52. The van der Waals surface area contributed by atoms with E-state index in [1.807, 2.05) is 36.4 Å². The van der Waals surface area contributed by atoms with Gasteiger partial charge in [-0.3, -0.25) is 0 Å². The predicted molar refractivity (Wildman–Crippen MR) is 239 cm³/mol. The van der Waals surface area contributed by atoms with E-state index in [4.69, 9.17) is 15.0 Å². The van der Waals surface area contributed by atoms with Gasteiger partial charge in [-0.15, -0.1) is 0 Å². The second-order valence-corrected chi connectivity index (χ2v) is 16.3. The zero-order valence-electron chi connectivity index (χ0n) is 32.8. The standard InChI is InChI=1S/C55H38N4/c1-54(2)44-27-13-15-30-48(44)59(49-31-16-14-28-45(49)54)37-32-33-39-38-22-9-11-25-42(38)55(47(39)34-37)43-26-12-10-23-40(43)50-41(24-17-29-46(50)55)53-57-51(35-18-5-3-6-19-35)56-52(58-53)36-20-7-4-8-21-36/h3-34H,1-2H3. The minimum Gasteiger partial charge on any atom is -0.310 e. The van der Waals surface area contributed by atoms with Gasteiger partial charge in [0.25, 0.3) is 0 Å². The van der Waals surface area contributed by atoms with E-state index in [-0.39, 0.29) is 5.41 Å². The van der Waals surface area contributed by atoms with Crippen LogP contribution in [-0.2, 0) is 10.8 Å². The molecule has 0 fully saturated rings. The van der Waals surface area contributed by atoms with Gasteiger partial charge in [-0.05, 0) is 79.9 Å². The lowest BCUT2D eigenvalue weighted by Gasteiger charge is -2.42. The highest BCUT2D eigenvalue weighted by molar-refractivity contribution is 6.00. The fourth-order valence-corrected chi connectivity index (χ4v) is 10.4. The molecule has 1 unspecified atom stereocenters. The third kappa shape index (κ3) is 4.69. The molecule has 0 saturated heterocycles. The van der Waals surface area contributed by atoms with Gasteiger partial charge in [-0.2, -0.15) is 0 Å². The zero-order valence-corrected chi connectivity index (χ0v) is 32.8. The van der Waals surface area contributed by atoms with Crippen molar-refractivity contribution in [3.63, 3.8) is 0 Å². The van der Waals surface area contributed by atoms with Gasteiger partial charge in [0.05, 0.1) is 16.8 Å². The van der Waals surface area contributed by atoms with Gasteiger partial charge in [0, 0.05) is 27.8 Å². The second kappa shape index (κ2) is 12.5. The number of para-hydroxylation sites is 2. The summed E-state index contributed by atoms with van der Waals surface area (Å²) in [7, 11) is 0. The van der Waals surface area contributed by atoms with E-state index in [0.717, 1.165) is 27.9 Å². The largest absolute Gasteiger partial charge is 0.310 e. The van der Waals surface area contributed by atoms with E-state index in [2.05, 4.69) is 176 Å². The number of hydrogen-bond donors (Lipinski definition) is 0. The maximum absolute atomic E-state index is 5.25. The summed E-state index contributed by atoms with van der Waals surface area (Å²) in [4.78, 5) is 18.0. The Labute approximate surface area is 344 Å². The summed E-state index contributed by atoms with van der Waals surface area (Å²) in [5.41, 5.74) is 18.4. The Morgan fingerprint density at radius 1 is 0.356 bits per heavy atom. The van der Waals surface area contributed by atoms with Gasteiger partial charge in [-0.1, -0.05) is 184 Å². The Morgan fingerprint density at radius 3 is 1.44 bits per heavy atom. The molecule has 1 aliphatic heterocycles. The molecule has 2 heterocycles. The lowest BCUT2D eigenvalue weighted by atomic mass is 9.70. The lowest BCUT2D eigenvalue weighted by molar-refractivity contribution is 0.632. The third-order valence-corrected chi connectivity index (χ3v) is 12.9. The second-order valence-electron chi connectivity index (χ2n) is 16.3. The maximum atomic E-state index is 5.25. The number of hydrogen-bond acceptors (Lipinski definition) is 4. The average molecular weight is 755 g/mol. The molecular formula is C55H38N4. The molecule has 0 amide bonds. The fraction of sp³-hybridized carbons (Fsp3) is 0.0727. The first-order valence-electron chi connectivity index (χ1n) is 20.4. The molecule has 0 bridgehead atoms. The summed E-state index contributed by atoms with van der Waals surface area (Å²) in [6.45, 7) is 4.69. The Bertz CT molecular complexity index is 3040. The van der Waals surface area contributed by atoms with Crippen LogP contribution in [0.5, 0.6) is 0 Å². The summed E-state index contributed by atoms with van der Waals surface area (Å²) >= 11 is 0. The number of nitrogens with zero attached hydrogens (tertiary/aromatic N) is 4. The molecule has 59 heavy (non-hydrogen) atoms. The van der Waals surface area contributed by atoms with Crippen molar-refractivity contribution in [2.75, 3.05) is 4.90 Å². The van der Waals surface area contributed by atoms with Gasteiger partial charge in [0.2, 0.25) is 0 Å². The molecule has 0 saturated carbocycles. The fourth-order valence-electron chi connectivity index (χ4n) is 10.4. The monoisotopic (exact) mass is 754 g/mol. The van der Waals surface area contributed by atoms with Crippen LogP contribution in [0.2, 0.25) is 0 Å². The zero-order chi connectivity index (χ0) is 39.3. The average Bonchev–Trinajstić information content (AvgIpc) is 3.77. The number of aromatic nitrogens is 3. The molecule has 1 aromatic heterocycles. The minimum absolute atomic E-state index is 0.145. The van der Waals surface area contributed by atoms with Crippen LogP contribution < -0.4 is 4.90 Å². The first-order valence-corrected chi connectivity index (χ1v) is 20.4. The van der Waals surface area contributed by atoms with Gasteiger partial charge in [-0.25, -0.2) is 15.0 Å². The van der Waals surface area contributed by atoms with Crippen molar-refractivity contribution >= 4 is 17.1 Å². The summed E-state index contributed by atoms with van der Waals surface area (Å²) < 4.78 is 0. The van der Waals surface area contributed by atoms with Gasteiger partial charge >= 0.3 is 0 Å². The van der Waals surface area contributed by atoms with Crippen LogP contribution in [0.15, 0.2) is 194 Å². The van der Waals surface area contributed by atoms with Gasteiger partial charge < -0.3 is 4.90 Å². The first kappa shape index (κ1) is 33.7. The van der Waals surface area contributed by atoms with E-state index in [9.17, 15) is 0 Å². The molecule has 2 aliphatic carbocycles. The minimum atomic E-state index is -0.574. The molecule has 12 rings (SSSR count). The third-order valence-electron chi connectivity index (χ3n) is 12.9. The Balaban J connectivity index is 1.13. The summed E-state index contributed by atoms with van der Waals surface area (Å²) in [6, 6.07) is 70.1. The van der Waals surface area contributed by atoms with Crippen molar-refractivity contribution in [2.24, 2.45) is 0 Å². The molecule has 278 valence electrons. The van der Waals surface area contributed by atoms with Crippen molar-refractivity contribution in [3.8, 4) is 56.4 Å². The first-order chi connectivity index (χ1) is 29.0. The number of rotatable bonds is 4. The van der Waals surface area contributed by atoms with Gasteiger partial charge in [0.15, 0.2) is 17.5 Å². The van der Waals surface area contributed by atoms with E-state index in [1.54, 1.807) is 0 Å². The molecule has 3 aliphatic rings. The predicted octanol–water partition coefficient (Wildman–Crippen LogP) is 13.3. The smallest absolute Gasteiger partial charge is 0.164 e. The van der Waals surface area contributed by atoms with E-state index < -0.39 is 5.41 Å². The normalized spacial score (nSPS) is 16.1. The number of anilines is 3. The number of benzene rings is 8. The van der Waals surface area contributed by atoms with Gasteiger partial charge in [0.1, 0.15) is 0 Å². The molecular weight excluding hydrogens is 717 g/mol. The van der Waals surface area contributed by atoms with Crippen molar-refractivity contribution in [1.82, 2.24) is 15.0 Å². The van der Waals surface area contributed by atoms with Crippen LogP contribution in [0.3, 0.4) is 0 Å². The van der Waals surface area contributed by atoms with E-state index in [1.165, 1.54) is 61.4 Å². The Morgan fingerprint density at radius 2 is 0.814 bits per heavy atom. The van der Waals surface area contributed by atoms with Crippen molar-refractivity contribution < 1.29 is 0 Å². The molecule has 8 aromatic carbocycles. The molecule has 1 spiro atoms. The van der Waals surface area contributed by atoms with Crippen LogP contribution in [-0.4, -0.2) is 15.0 Å². The van der Waals surface area contributed by atoms with Crippen molar-refractivity contribution in [1.29, 1.82) is 0 Å². The molecule has 1 atom stereocenters. The van der Waals surface area contributed by atoms with Crippen LogP contribution in [0, 0.1) is 0 Å². The molecule has 9 aromatic rings. The molecule has 4 heteroatoms. The van der Waals surface area contributed by atoms with E-state index in [0.29, 0.717) is 17.5 Å². The van der Waals surface area contributed by atoms with E-state index >= 15 is 0 Å². The van der Waals surface area contributed by atoms with Crippen molar-refractivity contribution in [2.45, 2.75) is 24.7 Å². The maximum Gasteiger partial charge on any atom is 0.164 e. The van der Waals surface area contributed by atoms with Crippen LogP contribution >= 0.6 is 0 Å². The Hall–Kier alpha value is -7.43. The van der Waals surface area contributed by atoms with Crippen LogP contribution in [0.25, 0.3) is 56.4 Å². The topological polar surface area (TPSA) is 41.9 Å². The molecule has 0 radical (unpaired) electrons. The summed E-state index contributed by atoms with van der Waals surface area (Å²) in [5, 5.41) is 0.